The summed E-state index contributed by atoms with van der Waals surface area (Å²) < 4.78 is 44.5. The van der Waals surface area contributed by atoms with E-state index in [2.05, 4.69) is 15.9 Å². The first-order chi connectivity index (χ1) is 13.1. The Balaban J connectivity index is 1.97. The van der Waals surface area contributed by atoms with Gasteiger partial charge in [0.1, 0.15) is 0 Å². The van der Waals surface area contributed by atoms with Crippen LogP contribution in [0.2, 0.25) is 0 Å². The van der Waals surface area contributed by atoms with Gasteiger partial charge in [0.15, 0.2) is 15.8 Å². The number of nitrogens with zero attached hydrogens (tertiary/aromatic N) is 1. The highest BCUT2D eigenvalue weighted by Gasteiger charge is 2.36. The van der Waals surface area contributed by atoms with Gasteiger partial charge in [-0.15, -0.1) is 0 Å². The van der Waals surface area contributed by atoms with Gasteiger partial charge in [-0.25, -0.2) is 0 Å². The van der Waals surface area contributed by atoms with E-state index in [4.69, 9.17) is 17.0 Å². The molecule has 1 amide bonds. The number of phenols is 1. The second-order valence-electron chi connectivity index (χ2n) is 5.62. The van der Waals surface area contributed by atoms with Crippen LogP contribution >= 0.6 is 39.9 Å². The lowest BCUT2D eigenvalue weighted by Gasteiger charge is -2.16. The van der Waals surface area contributed by atoms with Gasteiger partial charge in [-0.3, -0.25) is 9.69 Å². The van der Waals surface area contributed by atoms with Crippen LogP contribution in [0.1, 0.15) is 11.1 Å². The maximum absolute atomic E-state index is 13.0. The molecule has 2 aromatic carbocycles. The summed E-state index contributed by atoms with van der Waals surface area (Å²) in [5, 5.41) is 9.87. The van der Waals surface area contributed by atoms with Crippen LogP contribution in [0.25, 0.3) is 6.08 Å². The molecule has 1 fully saturated rings. The van der Waals surface area contributed by atoms with E-state index in [9.17, 15) is 23.1 Å². The van der Waals surface area contributed by atoms with E-state index in [0.717, 1.165) is 28.8 Å². The zero-order valence-electron chi connectivity index (χ0n) is 14.1. The molecule has 146 valence electrons. The van der Waals surface area contributed by atoms with Gasteiger partial charge in [0.25, 0.3) is 5.91 Å². The zero-order valence-corrected chi connectivity index (χ0v) is 17.3. The Morgan fingerprint density at radius 2 is 2.00 bits per heavy atom. The van der Waals surface area contributed by atoms with Gasteiger partial charge in [-0.05, 0) is 57.9 Å². The number of thiocarbonyl (C=S) groups is 1. The number of methoxy groups -OCH3 is 1. The van der Waals surface area contributed by atoms with Gasteiger partial charge >= 0.3 is 6.18 Å². The highest BCUT2D eigenvalue weighted by atomic mass is 79.9. The summed E-state index contributed by atoms with van der Waals surface area (Å²) in [6.45, 7) is 0. The lowest BCUT2D eigenvalue weighted by molar-refractivity contribution is -0.137. The van der Waals surface area contributed by atoms with Crippen molar-refractivity contribution in [1.82, 2.24) is 0 Å². The fourth-order valence-corrected chi connectivity index (χ4v) is 4.25. The third kappa shape index (κ3) is 4.03. The Bertz CT molecular complexity index is 1010. The van der Waals surface area contributed by atoms with Crippen molar-refractivity contribution in [3.8, 4) is 11.5 Å². The van der Waals surface area contributed by atoms with E-state index < -0.39 is 17.6 Å². The number of alkyl halides is 3. The number of aromatic hydroxyl groups is 1. The molecule has 0 unspecified atom stereocenters. The molecule has 1 heterocycles. The zero-order chi connectivity index (χ0) is 20.6. The van der Waals surface area contributed by atoms with Gasteiger partial charge in [0, 0.05) is 0 Å². The number of hydrogen-bond donors (Lipinski definition) is 1. The smallest absolute Gasteiger partial charge is 0.416 e. The van der Waals surface area contributed by atoms with Crippen molar-refractivity contribution in [3.05, 3.63) is 56.9 Å². The normalized spacial score (nSPS) is 16.2. The average Bonchev–Trinajstić information content (AvgIpc) is 2.90. The van der Waals surface area contributed by atoms with E-state index in [1.807, 2.05) is 0 Å². The molecule has 0 atom stereocenters. The minimum absolute atomic E-state index is 0.0465. The second-order valence-corrected chi connectivity index (χ2v) is 8.15. The number of rotatable bonds is 3. The predicted octanol–water partition coefficient (Wildman–Crippen LogP) is 5.59. The molecule has 2 aromatic rings. The number of halogens is 4. The number of ether oxygens (including phenoxy) is 1. The molecule has 0 aromatic heterocycles. The molecule has 1 saturated heterocycles. The Kier molecular flexibility index (Phi) is 5.74. The fraction of sp³-hybridized carbons (Fsp3) is 0.111. The summed E-state index contributed by atoms with van der Waals surface area (Å²) in [7, 11) is 1.39. The highest BCUT2D eigenvalue weighted by Crippen LogP contribution is 2.40. The van der Waals surface area contributed by atoms with Crippen LogP contribution in [0.4, 0.5) is 18.9 Å². The molecule has 1 N–H and O–H groups in total. The van der Waals surface area contributed by atoms with Crippen molar-refractivity contribution in [3.63, 3.8) is 0 Å². The van der Waals surface area contributed by atoms with Crippen LogP contribution < -0.4 is 9.64 Å². The summed E-state index contributed by atoms with van der Waals surface area (Å²) in [6, 6.07) is 7.53. The van der Waals surface area contributed by atoms with Crippen molar-refractivity contribution in [2.45, 2.75) is 6.18 Å². The molecule has 10 heteroatoms. The maximum Gasteiger partial charge on any atom is 0.416 e. The largest absolute Gasteiger partial charge is 0.503 e. The van der Waals surface area contributed by atoms with Crippen molar-refractivity contribution in [2.24, 2.45) is 0 Å². The van der Waals surface area contributed by atoms with E-state index in [0.29, 0.717) is 10.0 Å². The van der Waals surface area contributed by atoms with Crippen LogP contribution in [0, 0.1) is 0 Å². The Labute approximate surface area is 176 Å². The lowest BCUT2D eigenvalue weighted by Crippen LogP contribution is -2.27. The Morgan fingerprint density at radius 3 is 2.64 bits per heavy atom. The maximum atomic E-state index is 13.0. The predicted molar refractivity (Wildman–Crippen MR) is 109 cm³/mol. The third-order valence-corrected chi connectivity index (χ3v) is 5.70. The number of carbonyl (C=O) groups excluding carboxylic acids is 1. The number of thioether (sulfide) groups is 1. The molecule has 3 rings (SSSR count). The summed E-state index contributed by atoms with van der Waals surface area (Å²) in [6.07, 6.45) is -3.00. The SMILES string of the molecule is COc1cc(/C=C2\SC(=S)N(c3cccc(C(F)(F)F)c3)C2=O)cc(Br)c1O. The first kappa shape index (κ1) is 20.7. The fourth-order valence-electron chi connectivity index (χ4n) is 2.50. The van der Waals surface area contributed by atoms with E-state index >= 15 is 0 Å². The highest BCUT2D eigenvalue weighted by molar-refractivity contribution is 9.10. The molecule has 1 aliphatic rings. The van der Waals surface area contributed by atoms with Crippen LogP contribution in [0.15, 0.2) is 45.8 Å². The minimum atomic E-state index is -4.53. The van der Waals surface area contributed by atoms with Gasteiger partial charge in [0.2, 0.25) is 0 Å². The molecule has 0 radical (unpaired) electrons. The monoisotopic (exact) mass is 489 g/mol. The van der Waals surface area contributed by atoms with Gasteiger partial charge in [-0.1, -0.05) is 30.0 Å². The van der Waals surface area contributed by atoms with Crippen molar-refractivity contribution < 1.29 is 27.8 Å². The van der Waals surface area contributed by atoms with Crippen LogP contribution in [-0.2, 0) is 11.0 Å². The number of anilines is 1. The van der Waals surface area contributed by atoms with Gasteiger partial charge < -0.3 is 9.84 Å². The number of amides is 1. The third-order valence-electron chi connectivity index (χ3n) is 3.79. The van der Waals surface area contributed by atoms with Crippen molar-refractivity contribution in [1.29, 1.82) is 0 Å². The van der Waals surface area contributed by atoms with Crippen LogP contribution in [0.3, 0.4) is 0 Å². The summed E-state index contributed by atoms with van der Waals surface area (Å²) in [4.78, 5) is 14.1. The lowest BCUT2D eigenvalue weighted by atomic mass is 10.1. The molecule has 0 aliphatic carbocycles. The molecule has 1 aliphatic heterocycles. The van der Waals surface area contributed by atoms with Crippen molar-refractivity contribution >= 4 is 61.9 Å². The van der Waals surface area contributed by atoms with E-state index in [-0.39, 0.29) is 26.4 Å². The molecular weight excluding hydrogens is 479 g/mol. The van der Waals surface area contributed by atoms with Crippen LogP contribution in [-0.4, -0.2) is 22.4 Å². The molecule has 4 nitrogen and oxygen atoms in total. The summed E-state index contributed by atoms with van der Waals surface area (Å²) in [5.41, 5.74) is -0.272. The first-order valence-electron chi connectivity index (χ1n) is 7.63. The molecule has 28 heavy (non-hydrogen) atoms. The number of benzene rings is 2. The number of phenolic OH excluding ortho intramolecular Hbond substituents is 1. The molecule has 0 saturated carbocycles. The number of carbonyl (C=O) groups is 1. The van der Waals surface area contributed by atoms with Gasteiger partial charge in [0.05, 0.1) is 27.7 Å². The second kappa shape index (κ2) is 7.76. The molecule has 0 bridgehead atoms. The number of hydrogen-bond acceptors (Lipinski definition) is 5. The molecular formula is C18H11BrF3NO3S2. The standard InChI is InChI=1S/C18H11BrF3NO3S2/c1-26-13-6-9(5-12(19)15(13)24)7-14-16(25)23(17(27)28-14)11-4-2-3-10(8-11)18(20,21)22/h2-8,24H,1H3/b14-7-. The van der Waals surface area contributed by atoms with Gasteiger partial charge in [-0.2, -0.15) is 13.2 Å². The van der Waals surface area contributed by atoms with Crippen molar-refractivity contribution in [2.75, 3.05) is 12.0 Å². The average molecular weight is 490 g/mol. The minimum Gasteiger partial charge on any atom is -0.503 e. The summed E-state index contributed by atoms with van der Waals surface area (Å²) in [5.74, 6) is -0.414. The van der Waals surface area contributed by atoms with E-state index in [1.54, 1.807) is 6.07 Å². The first-order valence-corrected chi connectivity index (χ1v) is 9.65. The summed E-state index contributed by atoms with van der Waals surface area (Å²) >= 11 is 9.37. The Hall–Kier alpha value is -2.04. The quantitative estimate of drug-likeness (QED) is 0.449. The van der Waals surface area contributed by atoms with Crippen LogP contribution in [0.5, 0.6) is 11.5 Å². The molecule has 0 spiro atoms. The Morgan fingerprint density at radius 1 is 1.29 bits per heavy atom. The van der Waals surface area contributed by atoms with E-state index in [1.165, 1.54) is 31.4 Å². The topological polar surface area (TPSA) is 49.8 Å².